The van der Waals surface area contributed by atoms with Crippen molar-refractivity contribution in [3.8, 4) is 5.19 Å². The van der Waals surface area contributed by atoms with Gasteiger partial charge in [0.25, 0.3) is 5.19 Å². The quantitative estimate of drug-likeness (QED) is 0.853. The number of nitrogens with zero attached hydrogens (tertiary/aromatic N) is 2. The van der Waals surface area contributed by atoms with E-state index < -0.39 is 0 Å². The number of hydrogen-bond donors (Lipinski definition) is 0. The molecule has 1 atom stereocenters. The highest BCUT2D eigenvalue weighted by Gasteiger charge is 2.36. The zero-order valence-corrected chi connectivity index (χ0v) is 12.8. The molecule has 1 aliphatic rings. The van der Waals surface area contributed by atoms with E-state index in [4.69, 9.17) is 4.74 Å². The number of likely N-dealkylation sites (tertiary alicyclic amines) is 1. The fraction of sp³-hybridized carbons (Fsp3) is 0.375. The number of aromatic nitrogens is 1. The normalized spacial score (nSPS) is 16.3. The summed E-state index contributed by atoms with van der Waals surface area (Å²) in [5.41, 5.74) is 1.09. The van der Waals surface area contributed by atoms with Crippen molar-refractivity contribution in [2.45, 2.75) is 25.4 Å². The Hall–Kier alpha value is -1.88. The van der Waals surface area contributed by atoms with Crippen LogP contribution in [0.15, 0.2) is 41.9 Å². The van der Waals surface area contributed by atoms with Gasteiger partial charge in [-0.1, -0.05) is 48.6 Å². The highest BCUT2D eigenvalue weighted by molar-refractivity contribution is 7.11. The standard InChI is InChI=1S/C16H18N2O2S/c1-2-14(12-6-4-3-5-7-12)15(19)18-10-13(11-18)20-16-17-8-9-21-16/h3-9,13-14H,2,10-11H2,1H3. The van der Waals surface area contributed by atoms with E-state index in [9.17, 15) is 4.79 Å². The lowest BCUT2D eigenvalue weighted by Crippen LogP contribution is -2.57. The van der Waals surface area contributed by atoms with Gasteiger partial charge in [-0.2, -0.15) is 0 Å². The van der Waals surface area contributed by atoms with Crippen molar-refractivity contribution in [2.75, 3.05) is 13.1 Å². The first kappa shape index (κ1) is 14.1. The summed E-state index contributed by atoms with van der Waals surface area (Å²) < 4.78 is 5.70. The number of hydrogen-bond acceptors (Lipinski definition) is 4. The minimum absolute atomic E-state index is 0.0491. The average molecular weight is 302 g/mol. The summed E-state index contributed by atoms with van der Waals surface area (Å²) in [4.78, 5) is 18.5. The van der Waals surface area contributed by atoms with Crippen LogP contribution in [0.25, 0.3) is 0 Å². The molecule has 5 heteroatoms. The van der Waals surface area contributed by atoms with Crippen molar-refractivity contribution >= 4 is 17.2 Å². The van der Waals surface area contributed by atoms with Crippen LogP contribution in [0.5, 0.6) is 5.19 Å². The SMILES string of the molecule is CCC(C(=O)N1CC(Oc2nccs2)C1)c1ccccc1. The van der Waals surface area contributed by atoms with Crippen molar-refractivity contribution in [1.82, 2.24) is 9.88 Å². The monoisotopic (exact) mass is 302 g/mol. The molecule has 1 amide bonds. The molecule has 1 saturated heterocycles. The van der Waals surface area contributed by atoms with E-state index >= 15 is 0 Å². The van der Waals surface area contributed by atoms with E-state index in [1.54, 1.807) is 6.20 Å². The molecule has 21 heavy (non-hydrogen) atoms. The largest absolute Gasteiger partial charge is 0.463 e. The molecule has 0 spiro atoms. The second-order valence-electron chi connectivity index (χ2n) is 5.15. The average Bonchev–Trinajstić information content (AvgIpc) is 2.97. The predicted molar refractivity (Wildman–Crippen MR) is 82.6 cm³/mol. The fourth-order valence-corrected chi connectivity index (χ4v) is 3.11. The van der Waals surface area contributed by atoms with Gasteiger partial charge in [-0.25, -0.2) is 4.98 Å². The molecular formula is C16H18N2O2S. The molecule has 0 N–H and O–H groups in total. The molecule has 1 aromatic carbocycles. The topological polar surface area (TPSA) is 42.4 Å². The molecule has 0 radical (unpaired) electrons. The number of amides is 1. The predicted octanol–water partition coefficient (Wildman–Crippen LogP) is 2.93. The van der Waals surface area contributed by atoms with Gasteiger partial charge in [0.1, 0.15) is 6.10 Å². The number of ether oxygens (including phenoxy) is 1. The summed E-state index contributed by atoms with van der Waals surface area (Å²) >= 11 is 1.48. The molecule has 1 aliphatic heterocycles. The van der Waals surface area contributed by atoms with E-state index in [1.807, 2.05) is 40.6 Å². The summed E-state index contributed by atoms with van der Waals surface area (Å²) in [7, 11) is 0. The maximum atomic E-state index is 12.6. The molecular weight excluding hydrogens is 284 g/mol. The van der Waals surface area contributed by atoms with Gasteiger partial charge in [-0.05, 0) is 12.0 Å². The number of carbonyl (C=O) groups excluding carboxylic acids is 1. The molecule has 1 unspecified atom stereocenters. The Bertz CT molecular complexity index is 580. The highest BCUT2D eigenvalue weighted by Crippen LogP contribution is 2.26. The van der Waals surface area contributed by atoms with Crippen molar-refractivity contribution in [3.63, 3.8) is 0 Å². The molecule has 1 fully saturated rings. The molecule has 3 rings (SSSR count). The summed E-state index contributed by atoms with van der Waals surface area (Å²) in [6.07, 6.45) is 2.62. The van der Waals surface area contributed by atoms with Crippen molar-refractivity contribution in [2.24, 2.45) is 0 Å². The first-order valence-electron chi connectivity index (χ1n) is 7.17. The fourth-order valence-electron chi connectivity index (χ4n) is 2.56. The molecule has 0 aliphatic carbocycles. The lowest BCUT2D eigenvalue weighted by molar-refractivity contribution is -0.141. The molecule has 1 aromatic heterocycles. The van der Waals surface area contributed by atoms with E-state index in [2.05, 4.69) is 11.9 Å². The van der Waals surface area contributed by atoms with Crippen molar-refractivity contribution in [3.05, 3.63) is 47.5 Å². The first-order valence-corrected chi connectivity index (χ1v) is 8.05. The van der Waals surface area contributed by atoms with Gasteiger partial charge >= 0.3 is 0 Å². The van der Waals surface area contributed by atoms with E-state index in [1.165, 1.54) is 11.3 Å². The second kappa shape index (κ2) is 6.26. The minimum atomic E-state index is -0.0491. The minimum Gasteiger partial charge on any atom is -0.463 e. The van der Waals surface area contributed by atoms with E-state index in [0.717, 1.165) is 12.0 Å². The third-order valence-corrected chi connectivity index (χ3v) is 4.41. The lowest BCUT2D eigenvalue weighted by atomic mass is 9.93. The van der Waals surface area contributed by atoms with Crippen LogP contribution < -0.4 is 4.74 Å². The van der Waals surface area contributed by atoms with Gasteiger partial charge in [-0.3, -0.25) is 4.79 Å². The van der Waals surface area contributed by atoms with Gasteiger partial charge in [0.15, 0.2) is 0 Å². The molecule has 0 bridgehead atoms. The molecule has 2 heterocycles. The van der Waals surface area contributed by atoms with Gasteiger partial charge in [0.2, 0.25) is 5.91 Å². The zero-order chi connectivity index (χ0) is 14.7. The number of benzene rings is 1. The van der Waals surface area contributed by atoms with Gasteiger partial charge in [0, 0.05) is 11.6 Å². The maximum absolute atomic E-state index is 12.6. The van der Waals surface area contributed by atoms with Gasteiger partial charge < -0.3 is 9.64 Å². The summed E-state index contributed by atoms with van der Waals surface area (Å²) in [6.45, 7) is 3.36. The number of thiazole rings is 1. The Morgan fingerprint density at radius 1 is 1.43 bits per heavy atom. The Labute approximate surface area is 128 Å². The Morgan fingerprint density at radius 3 is 2.81 bits per heavy atom. The molecule has 2 aromatic rings. The number of rotatable bonds is 5. The third-order valence-electron chi connectivity index (χ3n) is 3.75. The summed E-state index contributed by atoms with van der Waals surface area (Å²) in [5, 5.41) is 2.57. The third kappa shape index (κ3) is 3.08. The van der Waals surface area contributed by atoms with Crippen LogP contribution in [0.1, 0.15) is 24.8 Å². The van der Waals surface area contributed by atoms with Crippen LogP contribution in [0.3, 0.4) is 0 Å². The summed E-state index contributed by atoms with van der Waals surface area (Å²) in [5.74, 6) is 0.148. The van der Waals surface area contributed by atoms with Crippen LogP contribution in [0.4, 0.5) is 0 Å². The van der Waals surface area contributed by atoms with Crippen LogP contribution in [0.2, 0.25) is 0 Å². The van der Waals surface area contributed by atoms with E-state index in [0.29, 0.717) is 18.3 Å². The zero-order valence-electron chi connectivity index (χ0n) is 11.9. The highest BCUT2D eigenvalue weighted by atomic mass is 32.1. The first-order chi connectivity index (χ1) is 10.3. The van der Waals surface area contributed by atoms with Crippen LogP contribution in [-0.2, 0) is 4.79 Å². The second-order valence-corrected chi connectivity index (χ2v) is 6.01. The lowest BCUT2D eigenvalue weighted by Gasteiger charge is -2.40. The maximum Gasteiger partial charge on any atom is 0.273 e. The van der Waals surface area contributed by atoms with E-state index in [-0.39, 0.29) is 17.9 Å². The van der Waals surface area contributed by atoms with Crippen LogP contribution >= 0.6 is 11.3 Å². The van der Waals surface area contributed by atoms with Crippen molar-refractivity contribution in [1.29, 1.82) is 0 Å². The Morgan fingerprint density at radius 2 is 2.19 bits per heavy atom. The Balaban J connectivity index is 1.57. The van der Waals surface area contributed by atoms with Crippen LogP contribution in [-0.4, -0.2) is 35.0 Å². The molecule has 0 saturated carbocycles. The smallest absolute Gasteiger partial charge is 0.273 e. The Kier molecular flexibility index (Phi) is 4.20. The molecule has 110 valence electrons. The van der Waals surface area contributed by atoms with Crippen molar-refractivity contribution < 1.29 is 9.53 Å². The molecule has 4 nitrogen and oxygen atoms in total. The van der Waals surface area contributed by atoms with Gasteiger partial charge in [0.05, 0.1) is 19.0 Å². The number of carbonyl (C=O) groups is 1. The summed E-state index contributed by atoms with van der Waals surface area (Å²) in [6, 6.07) is 9.98. The van der Waals surface area contributed by atoms with Gasteiger partial charge in [-0.15, -0.1) is 0 Å². The van der Waals surface area contributed by atoms with Crippen LogP contribution in [0, 0.1) is 0 Å².